The third kappa shape index (κ3) is 2.82. The maximum absolute atomic E-state index is 9.76. The van der Waals surface area contributed by atoms with Crippen LogP contribution in [0.4, 0.5) is 0 Å². The Labute approximate surface area is 119 Å². The first-order chi connectivity index (χ1) is 9.74. The predicted octanol–water partition coefficient (Wildman–Crippen LogP) is 1.21. The normalized spacial score (nSPS) is 22.5. The van der Waals surface area contributed by atoms with Crippen LogP contribution in [0.15, 0.2) is 30.5 Å². The van der Waals surface area contributed by atoms with Gasteiger partial charge in [0.2, 0.25) is 0 Å². The summed E-state index contributed by atoms with van der Waals surface area (Å²) in [6.45, 7) is 5.39. The van der Waals surface area contributed by atoms with Crippen LogP contribution >= 0.6 is 0 Å². The quantitative estimate of drug-likeness (QED) is 0.782. The van der Waals surface area contributed by atoms with Gasteiger partial charge in [0.05, 0.1) is 11.6 Å². The van der Waals surface area contributed by atoms with E-state index in [4.69, 9.17) is 0 Å². The van der Waals surface area contributed by atoms with E-state index >= 15 is 0 Å². The number of rotatable bonds is 4. The fourth-order valence-corrected chi connectivity index (χ4v) is 2.88. The fraction of sp³-hybridized carbons (Fsp3) is 0.438. The highest BCUT2D eigenvalue weighted by Gasteiger charge is 2.23. The van der Waals surface area contributed by atoms with Gasteiger partial charge in [-0.1, -0.05) is 12.1 Å². The van der Waals surface area contributed by atoms with Gasteiger partial charge in [-0.25, -0.2) is 0 Å². The van der Waals surface area contributed by atoms with Gasteiger partial charge in [0, 0.05) is 43.7 Å². The minimum absolute atomic E-state index is 0.218. The predicted molar refractivity (Wildman–Crippen MR) is 80.6 cm³/mol. The Morgan fingerprint density at radius 2 is 2.30 bits per heavy atom. The number of pyridine rings is 1. The zero-order valence-corrected chi connectivity index (χ0v) is 11.8. The third-order valence-electron chi connectivity index (χ3n) is 4.00. The van der Waals surface area contributed by atoms with Crippen molar-refractivity contribution in [3.63, 3.8) is 0 Å². The average Bonchev–Trinajstić information content (AvgIpc) is 2.85. The molecule has 0 amide bonds. The van der Waals surface area contributed by atoms with E-state index in [0.29, 0.717) is 12.5 Å². The second-order valence-electron chi connectivity index (χ2n) is 5.60. The largest absolute Gasteiger partial charge is 0.391 e. The van der Waals surface area contributed by atoms with E-state index < -0.39 is 0 Å². The average molecular weight is 271 g/mol. The van der Waals surface area contributed by atoms with Crippen LogP contribution in [0.25, 0.3) is 10.9 Å². The number of aromatic nitrogens is 1. The summed E-state index contributed by atoms with van der Waals surface area (Å²) in [6.07, 6.45) is 1.62. The zero-order chi connectivity index (χ0) is 13.9. The van der Waals surface area contributed by atoms with Crippen molar-refractivity contribution in [2.45, 2.75) is 19.6 Å². The lowest BCUT2D eigenvalue weighted by Crippen LogP contribution is -2.30. The van der Waals surface area contributed by atoms with Crippen LogP contribution in [0.5, 0.6) is 0 Å². The van der Waals surface area contributed by atoms with Crippen molar-refractivity contribution in [1.29, 1.82) is 0 Å². The molecule has 3 rings (SSSR count). The van der Waals surface area contributed by atoms with E-state index in [-0.39, 0.29) is 6.10 Å². The van der Waals surface area contributed by atoms with Crippen LogP contribution in [0.1, 0.15) is 11.1 Å². The molecule has 2 unspecified atom stereocenters. The molecule has 1 saturated heterocycles. The van der Waals surface area contributed by atoms with Crippen LogP contribution in [-0.4, -0.2) is 35.8 Å². The number of hydrogen-bond donors (Lipinski definition) is 3. The molecule has 3 N–H and O–H groups in total. The second-order valence-corrected chi connectivity index (χ2v) is 5.60. The second kappa shape index (κ2) is 5.87. The number of aryl methyl sites for hydroxylation is 1. The molecule has 2 aromatic rings. The Hall–Kier alpha value is -1.49. The highest BCUT2D eigenvalue weighted by atomic mass is 16.3. The molecule has 0 radical (unpaired) electrons. The summed E-state index contributed by atoms with van der Waals surface area (Å²) in [5, 5.41) is 17.6. The number of nitrogens with zero attached hydrogens (tertiary/aromatic N) is 1. The summed E-state index contributed by atoms with van der Waals surface area (Å²) < 4.78 is 0. The van der Waals surface area contributed by atoms with Gasteiger partial charge >= 0.3 is 0 Å². The standard InChI is InChI=1S/C16H21N3O/c1-11-5-12(6-13-3-2-4-19-16(11)13)7-17-8-14-9-18-10-15(14)20/h2-6,14-15,17-18,20H,7-10H2,1H3. The van der Waals surface area contributed by atoms with E-state index in [0.717, 1.165) is 25.2 Å². The molecule has 0 aliphatic carbocycles. The topological polar surface area (TPSA) is 57.2 Å². The maximum Gasteiger partial charge on any atom is 0.0731 e. The van der Waals surface area contributed by atoms with E-state index in [1.807, 2.05) is 12.3 Å². The SMILES string of the molecule is Cc1cc(CNCC2CNCC2O)cc2cccnc12. The van der Waals surface area contributed by atoms with Gasteiger partial charge in [0.25, 0.3) is 0 Å². The molecule has 1 aliphatic heterocycles. The smallest absolute Gasteiger partial charge is 0.0731 e. The van der Waals surface area contributed by atoms with Crippen molar-refractivity contribution < 1.29 is 5.11 Å². The molecule has 1 aliphatic rings. The first-order valence-corrected chi connectivity index (χ1v) is 7.18. The lowest BCUT2D eigenvalue weighted by Gasteiger charge is -2.14. The first kappa shape index (κ1) is 13.5. The Morgan fingerprint density at radius 3 is 3.10 bits per heavy atom. The maximum atomic E-state index is 9.76. The van der Waals surface area contributed by atoms with Crippen molar-refractivity contribution in [1.82, 2.24) is 15.6 Å². The minimum Gasteiger partial charge on any atom is -0.391 e. The number of hydrogen-bond acceptors (Lipinski definition) is 4. The Balaban J connectivity index is 1.65. The molecule has 0 spiro atoms. The van der Waals surface area contributed by atoms with E-state index in [2.05, 4.69) is 40.7 Å². The summed E-state index contributed by atoms with van der Waals surface area (Å²) in [7, 11) is 0. The van der Waals surface area contributed by atoms with Gasteiger partial charge in [-0.2, -0.15) is 0 Å². The zero-order valence-electron chi connectivity index (χ0n) is 11.8. The van der Waals surface area contributed by atoms with E-state index in [9.17, 15) is 5.11 Å². The molecule has 20 heavy (non-hydrogen) atoms. The number of fused-ring (bicyclic) bond motifs is 1. The molecule has 0 bridgehead atoms. The summed E-state index contributed by atoms with van der Waals surface area (Å²) in [4.78, 5) is 4.41. The van der Waals surface area contributed by atoms with Crippen LogP contribution in [0.3, 0.4) is 0 Å². The lowest BCUT2D eigenvalue weighted by atomic mass is 10.0. The number of benzene rings is 1. The van der Waals surface area contributed by atoms with E-state index in [1.165, 1.54) is 16.5 Å². The summed E-state index contributed by atoms with van der Waals surface area (Å²) in [5.41, 5.74) is 3.55. The van der Waals surface area contributed by atoms with Crippen molar-refractivity contribution in [3.8, 4) is 0 Å². The van der Waals surface area contributed by atoms with Crippen molar-refractivity contribution in [2.75, 3.05) is 19.6 Å². The molecule has 2 atom stereocenters. The summed E-state index contributed by atoms with van der Waals surface area (Å²) in [6, 6.07) is 8.44. The van der Waals surface area contributed by atoms with Gasteiger partial charge in [-0.15, -0.1) is 0 Å². The van der Waals surface area contributed by atoms with E-state index in [1.54, 1.807) is 0 Å². The van der Waals surface area contributed by atoms with Crippen molar-refractivity contribution in [3.05, 3.63) is 41.6 Å². The molecule has 106 valence electrons. The Bertz CT molecular complexity index is 599. The monoisotopic (exact) mass is 271 g/mol. The Kier molecular flexibility index (Phi) is 3.96. The summed E-state index contributed by atoms with van der Waals surface area (Å²) >= 11 is 0. The Morgan fingerprint density at radius 1 is 1.40 bits per heavy atom. The molecular weight excluding hydrogens is 250 g/mol. The van der Waals surface area contributed by atoms with Gasteiger partial charge in [-0.05, 0) is 30.2 Å². The van der Waals surface area contributed by atoms with Gasteiger partial charge in [0.15, 0.2) is 0 Å². The highest BCUT2D eigenvalue weighted by Crippen LogP contribution is 2.18. The van der Waals surface area contributed by atoms with Crippen LogP contribution in [0, 0.1) is 12.8 Å². The summed E-state index contributed by atoms with van der Waals surface area (Å²) in [5.74, 6) is 0.318. The van der Waals surface area contributed by atoms with Crippen LogP contribution < -0.4 is 10.6 Å². The molecule has 0 saturated carbocycles. The molecule has 1 fully saturated rings. The van der Waals surface area contributed by atoms with Crippen LogP contribution in [0.2, 0.25) is 0 Å². The van der Waals surface area contributed by atoms with Crippen molar-refractivity contribution >= 4 is 10.9 Å². The molecule has 1 aromatic heterocycles. The van der Waals surface area contributed by atoms with Gasteiger partial charge < -0.3 is 15.7 Å². The van der Waals surface area contributed by atoms with Crippen LogP contribution in [-0.2, 0) is 6.54 Å². The minimum atomic E-state index is -0.218. The molecule has 4 nitrogen and oxygen atoms in total. The third-order valence-corrected chi connectivity index (χ3v) is 4.00. The number of aliphatic hydroxyl groups is 1. The molecule has 1 aromatic carbocycles. The number of aliphatic hydroxyl groups excluding tert-OH is 1. The molecular formula is C16H21N3O. The van der Waals surface area contributed by atoms with Crippen molar-refractivity contribution in [2.24, 2.45) is 5.92 Å². The van der Waals surface area contributed by atoms with Gasteiger partial charge in [0.1, 0.15) is 0 Å². The van der Waals surface area contributed by atoms with Gasteiger partial charge in [-0.3, -0.25) is 4.98 Å². The molecule has 4 heteroatoms. The first-order valence-electron chi connectivity index (χ1n) is 7.18. The number of β-amino-alcohol motifs (C(OH)–C–C–N with tert-alkyl or cyclic N) is 1. The number of nitrogens with one attached hydrogen (secondary N) is 2. The fourth-order valence-electron chi connectivity index (χ4n) is 2.88. The highest BCUT2D eigenvalue weighted by molar-refractivity contribution is 5.82. The lowest BCUT2D eigenvalue weighted by molar-refractivity contribution is 0.146. The molecule has 2 heterocycles.